The van der Waals surface area contributed by atoms with Gasteiger partial charge in [0.15, 0.2) is 0 Å². The summed E-state index contributed by atoms with van der Waals surface area (Å²) in [6, 6.07) is 1.88. The Kier molecular flexibility index (Phi) is 3.27. The summed E-state index contributed by atoms with van der Waals surface area (Å²) in [5.74, 6) is 1.57. The molecule has 0 fully saturated rings. The molecule has 0 aromatic carbocycles. The highest BCUT2D eigenvalue weighted by atomic mass is 79.9. The lowest BCUT2D eigenvalue weighted by Crippen LogP contribution is -2.01. The molecule has 0 amide bonds. The number of halogens is 1. The van der Waals surface area contributed by atoms with Gasteiger partial charge in [-0.15, -0.1) is 11.3 Å². The molecular formula is C13H13BrO2S. The minimum absolute atomic E-state index is 0.0515. The molecule has 0 spiro atoms. The largest absolute Gasteiger partial charge is 0.466 e. The van der Waals surface area contributed by atoms with E-state index >= 15 is 0 Å². The van der Waals surface area contributed by atoms with E-state index in [1.54, 1.807) is 0 Å². The lowest BCUT2D eigenvalue weighted by Gasteiger charge is -1.97. The second-order valence-electron chi connectivity index (χ2n) is 4.06. The first-order chi connectivity index (χ1) is 7.91. The maximum absolute atomic E-state index is 12.4. The number of carbonyl (C=O) groups excluding carboxylic acids is 1. The van der Waals surface area contributed by atoms with Crippen LogP contribution in [0.25, 0.3) is 0 Å². The van der Waals surface area contributed by atoms with Crippen LogP contribution in [0.15, 0.2) is 15.0 Å². The molecule has 17 heavy (non-hydrogen) atoms. The minimum Gasteiger partial charge on any atom is -0.466 e. The van der Waals surface area contributed by atoms with Gasteiger partial charge in [0, 0.05) is 14.9 Å². The van der Waals surface area contributed by atoms with Crippen LogP contribution in [0, 0.1) is 27.7 Å². The van der Waals surface area contributed by atoms with Crippen LogP contribution < -0.4 is 0 Å². The van der Waals surface area contributed by atoms with Crippen molar-refractivity contribution in [2.45, 2.75) is 27.7 Å². The van der Waals surface area contributed by atoms with Crippen LogP contribution in [0.1, 0.15) is 37.2 Å². The Bertz CT molecular complexity index is 573. The average molecular weight is 313 g/mol. The zero-order valence-electron chi connectivity index (χ0n) is 10.2. The number of aryl methyl sites for hydroxylation is 3. The molecule has 0 aliphatic heterocycles. The molecule has 0 bridgehead atoms. The van der Waals surface area contributed by atoms with Gasteiger partial charge in [-0.2, -0.15) is 0 Å². The average Bonchev–Trinajstić information content (AvgIpc) is 2.70. The summed E-state index contributed by atoms with van der Waals surface area (Å²) in [6.07, 6.45) is 0. The maximum Gasteiger partial charge on any atom is 0.206 e. The third-order valence-corrected chi connectivity index (χ3v) is 5.00. The van der Waals surface area contributed by atoms with E-state index in [0.717, 1.165) is 25.6 Å². The lowest BCUT2D eigenvalue weighted by molar-refractivity contribution is 0.104. The second-order valence-corrected chi connectivity index (χ2v) is 6.17. The maximum atomic E-state index is 12.4. The van der Waals surface area contributed by atoms with E-state index in [4.69, 9.17) is 4.42 Å². The number of furan rings is 1. The first-order valence-electron chi connectivity index (χ1n) is 5.29. The fourth-order valence-electron chi connectivity index (χ4n) is 1.82. The summed E-state index contributed by atoms with van der Waals surface area (Å²) in [5.41, 5.74) is 1.64. The summed E-state index contributed by atoms with van der Waals surface area (Å²) in [7, 11) is 0. The van der Waals surface area contributed by atoms with Crippen LogP contribution in [-0.2, 0) is 0 Å². The molecule has 2 heterocycles. The molecule has 0 aliphatic carbocycles. The van der Waals surface area contributed by atoms with E-state index in [-0.39, 0.29) is 5.78 Å². The van der Waals surface area contributed by atoms with E-state index in [1.807, 2.05) is 33.8 Å². The summed E-state index contributed by atoms with van der Waals surface area (Å²) >= 11 is 4.94. The van der Waals surface area contributed by atoms with Gasteiger partial charge < -0.3 is 4.42 Å². The van der Waals surface area contributed by atoms with Gasteiger partial charge in [0.2, 0.25) is 5.78 Å². The number of rotatable bonds is 2. The molecule has 2 aromatic heterocycles. The molecule has 2 aromatic rings. The van der Waals surface area contributed by atoms with Crippen LogP contribution in [0.3, 0.4) is 0 Å². The van der Waals surface area contributed by atoms with Crippen molar-refractivity contribution >= 4 is 33.0 Å². The number of ketones is 1. The lowest BCUT2D eigenvalue weighted by atomic mass is 10.1. The van der Waals surface area contributed by atoms with Gasteiger partial charge >= 0.3 is 0 Å². The number of thiophene rings is 1. The van der Waals surface area contributed by atoms with Gasteiger partial charge in [0.25, 0.3) is 0 Å². The normalized spacial score (nSPS) is 10.9. The Morgan fingerprint density at radius 1 is 1.24 bits per heavy atom. The fraction of sp³-hybridized carbons (Fsp3) is 0.308. The first kappa shape index (κ1) is 12.6. The Morgan fingerprint density at radius 2 is 1.88 bits per heavy atom. The number of carbonyl (C=O) groups is 1. The summed E-state index contributed by atoms with van der Waals surface area (Å²) in [6.45, 7) is 7.64. The predicted molar refractivity (Wildman–Crippen MR) is 73.1 cm³/mol. The Morgan fingerprint density at radius 3 is 2.29 bits per heavy atom. The predicted octanol–water partition coefficient (Wildman–Crippen LogP) is 4.57. The van der Waals surface area contributed by atoms with Gasteiger partial charge in [-0.1, -0.05) is 0 Å². The van der Waals surface area contributed by atoms with Crippen molar-refractivity contribution in [1.29, 1.82) is 0 Å². The fourth-order valence-corrected chi connectivity index (χ4v) is 3.30. The van der Waals surface area contributed by atoms with Crippen LogP contribution >= 0.6 is 27.3 Å². The van der Waals surface area contributed by atoms with Gasteiger partial charge in [-0.25, -0.2) is 0 Å². The van der Waals surface area contributed by atoms with Crippen molar-refractivity contribution in [3.05, 3.63) is 42.9 Å². The molecule has 90 valence electrons. The zero-order chi connectivity index (χ0) is 12.7. The van der Waals surface area contributed by atoms with Crippen LogP contribution in [0.4, 0.5) is 0 Å². The van der Waals surface area contributed by atoms with Gasteiger partial charge in [0.1, 0.15) is 11.5 Å². The Balaban J connectivity index is 2.50. The zero-order valence-corrected chi connectivity index (χ0v) is 12.6. The molecule has 0 aliphatic rings. The Labute approximate surface area is 113 Å². The van der Waals surface area contributed by atoms with Crippen molar-refractivity contribution in [1.82, 2.24) is 0 Å². The van der Waals surface area contributed by atoms with Crippen molar-refractivity contribution in [2.75, 3.05) is 0 Å². The minimum atomic E-state index is 0.0515. The highest BCUT2D eigenvalue weighted by Gasteiger charge is 2.21. The van der Waals surface area contributed by atoms with Crippen LogP contribution in [0.5, 0.6) is 0 Å². The van der Waals surface area contributed by atoms with Gasteiger partial charge in [-0.05, 0) is 49.7 Å². The molecule has 0 N–H and O–H groups in total. The molecule has 0 saturated carbocycles. The third-order valence-electron chi connectivity index (χ3n) is 2.87. The van der Waals surface area contributed by atoms with Gasteiger partial charge in [0.05, 0.1) is 10.4 Å². The molecule has 0 radical (unpaired) electrons. The molecule has 0 saturated heterocycles. The molecule has 0 unspecified atom stereocenters. The van der Waals surface area contributed by atoms with E-state index in [1.165, 1.54) is 11.3 Å². The van der Waals surface area contributed by atoms with E-state index in [2.05, 4.69) is 15.9 Å². The van der Waals surface area contributed by atoms with Crippen molar-refractivity contribution in [2.24, 2.45) is 0 Å². The highest BCUT2D eigenvalue weighted by molar-refractivity contribution is 9.10. The number of hydrogen-bond acceptors (Lipinski definition) is 3. The number of hydrogen-bond donors (Lipinski definition) is 0. The monoisotopic (exact) mass is 312 g/mol. The van der Waals surface area contributed by atoms with E-state index < -0.39 is 0 Å². The SMILES string of the molecule is Cc1oc(C)c(C(=O)c2cc(Br)c(C)s2)c1C. The topological polar surface area (TPSA) is 30.2 Å². The molecular weight excluding hydrogens is 300 g/mol. The van der Waals surface area contributed by atoms with Crippen LogP contribution in [-0.4, -0.2) is 5.78 Å². The molecule has 2 rings (SSSR count). The van der Waals surface area contributed by atoms with E-state index in [9.17, 15) is 4.79 Å². The molecule has 2 nitrogen and oxygen atoms in total. The molecule has 0 atom stereocenters. The standard InChI is InChI=1S/C13H13BrO2S/c1-6-7(2)16-8(3)12(6)13(15)11-5-10(14)9(4)17-11/h5H,1-4H3. The summed E-state index contributed by atoms with van der Waals surface area (Å²) in [4.78, 5) is 14.3. The van der Waals surface area contributed by atoms with Gasteiger partial charge in [-0.3, -0.25) is 4.79 Å². The summed E-state index contributed by atoms with van der Waals surface area (Å²) < 4.78 is 6.48. The second kappa shape index (κ2) is 4.42. The first-order valence-corrected chi connectivity index (χ1v) is 6.90. The van der Waals surface area contributed by atoms with Crippen LogP contribution in [0.2, 0.25) is 0 Å². The van der Waals surface area contributed by atoms with Crippen molar-refractivity contribution in [3.63, 3.8) is 0 Å². The smallest absolute Gasteiger partial charge is 0.206 e. The third kappa shape index (κ3) is 2.11. The van der Waals surface area contributed by atoms with Crippen molar-refractivity contribution < 1.29 is 9.21 Å². The molecule has 4 heteroatoms. The summed E-state index contributed by atoms with van der Waals surface area (Å²) in [5, 5.41) is 0. The highest BCUT2D eigenvalue weighted by Crippen LogP contribution is 2.31. The Hall–Kier alpha value is -0.870. The quantitative estimate of drug-likeness (QED) is 0.760. The van der Waals surface area contributed by atoms with Crippen molar-refractivity contribution in [3.8, 4) is 0 Å². The van der Waals surface area contributed by atoms with E-state index in [0.29, 0.717) is 11.3 Å².